The quantitative estimate of drug-likeness (QED) is 0.578. The average molecular weight is 480 g/mol. The number of nitrogens with two attached hydrogens (primary N) is 1. The topological polar surface area (TPSA) is 99.8 Å². The number of carbonyl (C=O) groups excluding carboxylic acids is 1. The molecule has 2 aliphatic heterocycles. The van der Waals surface area contributed by atoms with Crippen LogP contribution in [0, 0.1) is 5.92 Å². The number of para-hydroxylation sites is 1. The molecule has 34 heavy (non-hydrogen) atoms. The number of fused-ring (bicyclic) bond motifs is 1. The minimum atomic E-state index is -3.65. The maximum absolute atomic E-state index is 13.3. The van der Waals surface area contributed by atoms with Gasteiger partial charge >= 0.3 is 0 Å². The molecular formula is C25H29N5O3S. The van der Waals surface area contributed by atoms with E-state index in [-0.39, 0.29) is 23.3 Å². The van der Waals surface area contributed by atoms with Crippen LogP contribution in [0.1, 0.15) is 12.8 Å². The lowest BCUT2D eigenvalue weighted by atomic mass is 9.97. The van der Waals surface area contributed by atoms with Crippen LogP contribution in [-0.2, 0) is 14.8 Å². The number of rotatable bonds is 4. The van der Waals surface area contributed by atoms with Crippen LogP contribution < -0.4 is 10.6 Å². The lowest BCUT2D eigenvalue weighted by Gasteiger charge is -2.39. The van der Waals surface area contributed by atoms with Crippen molar-refractivity contribution in [3.05, 3.63) is 60.8 Å². The Morgan fingerprint density at radius 3 is 2.44 bits per heavy atom. The zero-order valence-electron chi connectivity index (χ0n) is 19.0. The van der Waals surface area contributed by atoms with Crippen molar-refractivity contribution >= 4 is 38.2 Å². The Bertz CT molecular complexity index is 1280. The van der Waals surface area contributed by atoms with Crippen LogP contribution in [0.5, 0.6) is 0 Å². The standard InChI is InChI=1S/C25H29N5O3S/c26-20-7-9-21(10-8-20)34(32,33)30-13-3-4-19(18-30)25(31)29-16-14-28(15-17-29)24-11-12-27-23-6-2-1-5-22(23)24/h1-2,5-12,19H,3-4,13-18,26H2. The van der Waals surface area contributed by atoms with E-state index in [2.05, 4.69) is 16.0 Å². The lowest BCUT2D eigenvalue weighted by molar-refractivity contribution is -0.137. The molecule has 0 bridgehead atoms. The summed E-state index contributed by atoms with van der Waals surface area (Å²) in [5, 5.41) is 1.11. The molecule has 0 radical (unpaired) electrons. The first kappa shape index (κ1) is 22.6. The number of nitrogen functional groups attached to an aromatic ring is 1. The van der Waals surface area contributed by atoms with Gasteiger partial charge in [-0.25, -0.2) is 8.42 Å². The zero-order chi connectivity index (χ0) is 23.7. The summed E-state index contributed by atoms with van der Waals surface area (Å²) in [4.78, 5) is 22.2. The maximum atomic E-state index is 13.3. The Kier molecular flexibility index (Phi) is 6.14. The van der Waals surface area contributed by atoms with Gasteiger partial charge in [-0.1, -0.05) is 18.2 Å². The van der Waals surface area contributed by atoms with E-state index in [9.17, 15) is 13.2 Å². The summed E-state index contributed by atoms with van der Waals surface area (Å²) >= 11 is 0. The molecule has 1 atom stereocenters. The molecular weight excluding hydrogens is 450 g/mol. The van der Waals surface area contributed by atoms with Crippen LogP contribution in [0.3, 0.4) is 0 Å². The SMILES string of the molecule is Nc1ccc(S(=O)(=O)N2CCCC(C(=O)N3CCN(c4ccnc5ccccc45)CC3)C2)cc1. The van der Waals surface area contributed by atoms with Crippen molar-refractivity contribution in [2.24, 2.45) is 5.92 Å². The summed E-state index contributed by atoms with van der Waals surface area (Å²) in [7, 11) is -3.65. The molecule has 2 fully saturated rings. The zero-order valence-corrected chi connectivity index (χ0v) is 19.8. The summed E-state index contributed by atoms with van der Waals surface area (Å²) in [6.07, 6.45) is 3.21. The molecule has 2 aliphatic rings. The van der Waals surface area contributed by atoms with Gasteiger partial charge in [0.1, 0.15) is 0 Å². The molecule has 178 valence electrons. The Hall–Kier alpha value is -3.17. The van der Waals surface area contributed by atoms with E-state index in [0.717, 1.165) is 29.7 Å². The molecule has 1 amide bonds. The van der Waals surface area contributed by atoms with Gasteiger partial charge in [0.05, 0.1) is 16.3 Å². The fraction of sp³-hybridized carbons (Fsp3) is 0.360. The van der Waals surface area contributed by atoms with E-state index in [4.69, 9.17) is 5.73 Å². The predicted molar refractivity (Wildman–Crippen MR) is 133 cm³/mol. The molecule has 0 aliphatic carbocycles. The number of anilines is 2. The van der Waals surface area contributed by atoms with Crippen molar-refractivity contribution < 1.29 is 13.2 Å². The number of benzene rings is 2. The number of amides is 1. The van der Waals surface area contributed by atoms with E-state index in [1.807, 2.05) is 35.4 Å². The highest BCUT2D eigenvalue weighted by molar-refractivity contribution is 7.89. The Labute approximate surface area is 200 Å². The third-order valence-electron chi connectivity index (χ3n) is 6.81. The van der Waals surface area contributed by atoms with Crippen molar-refractivity contribution in [1.29, 1.82) is 0 Å². The molecule has 2 N–H and O–H groups in total. The fourth-order valence-electron chi connectivity index (χ4n) is 4.93. The number of carbonyl (C=O) groups is 1. The highest BCUT2D eigenvalue weighted by Gasteiger charge is 2.36. The molecule has 1 unspecified atom stereocenters. The van der Waals surface area contributed by atoms with Crippen molar-refractivity contribution in [3.8, 4) is 0 Å². The van der Waals surface area contributed by atoms with Crippen LogP contribution in [-0.4, -0.2) is 67.8 Å². The van der Waals surface area contributed by atoms with Crippen LogP contribution >= 0.6 is 0 Å². The van der Waals surface area contributed by atoms with E-state index >= 15 is 0 Å². The van der Waals surface area contributed by atoms with Gasteiger partial charge in [-0.3, -0.25) is 9.78 Å². The van der Waals surface area contributed by atoms with Gasteiger partial charge in [0, 0.05) is 62.2 Å². The number of piperazine rings is 1. The molecule has 2 saturated heterocycles. The molecule has 9 heteroatoms. The van der Waals surface area contributed by atoms with Gasteiger partial charge in [-0.05, 0) is 49.2 Å². The first-order valence-corrected chi connectivity index (χ1v) is 13.1. The second kappa shape index (κ2) is 9.23. The predicted octanol–water partition coefficient (Wildman–Crippen LogP) is 2.57. The largest absolute Gasteiger partial charge is 0.399 e. The minimum absolute atomic E-state index is 0.0523. The van der Waals surface area contributed by atoms with Crippen LogP contribution in [0.2, 0.25) is 0 Å². The monoisotopic (exact) mass is 479 g/mol. The van der Waals surface area contributed by atoms with Gasteiger partial charge in [-0.15, -0.1) is 0 Å². The first-order valence-electron chi connectivity index (χ1n) is 11.7. The number of pyridine rings is 1. The van der Waals surface area contributed by atoms with E-state index in [1.54, 1.807) is 12.1 Å². The van der Waals surface area contributed by atoms with Gasteiger partial charge in [0.25, 0.3) is 0 Å². The average Bonchev–Trinajstić information content (AvgIpc) is 2.88. The second-order valence-electron chi connectivity index (χ2n) is 8.93. The van der Waals surface area contributed by atoms with E-state index in [0.29, 0.717) is 38.2 Å². The van der Waals surface area contributed by atoms with Gasteiger partial charge in [-0.2, -0.15) is 4.31 Å². The van der Waals surface area contributed by atoms with Gasteiger partial charge in [0.2, 0.25) is 15.9 Å². The molecule has 1 aromatic heterocycles. The fourth-order valence-corrected chi connectivity index (χ4v) is 6.46. The summed E-state index contributed by atoms with van der Waals surface area (Å²) < 4.78 is 27.6. The summed E-state index contributed by atoms with van der Waals surface area (Å²) in [5.41, 5.74) is 8.32. The second-order valence-corrected chi connectivity index (χ2v) is 10.9. The van der Waals surface area contributed by atoms with E-state index < -0.39 is 10.0 Å². The highest BCUT2D eigenvalue weighted by Crippen LogP contribution is 2.28. The number of hydrogen-bond donors (Lipinski definition) is 1. The third-order valence-corrected chi connectivity index (χ3v) is 8.69. The Morgan fingerprint density at radius 2 is 1.68 bits per heavy atom. The van der Waals surface area contributed by atoms with Crippen LogP contribution in [0.15, 0.2) is 65.7 Å². The number of nitrogens with zero attached hydrogens (tertiary/aromatic N) is 4. The third kappa shape index (κ3) is 4.33. The molecule has 3 heterocycles. The van der Waals surface area contributed by atoms with Gasteiger partial charge in [0.15, 0.2) is 0 Å². The van der Waals surface area contributed by atoms with E-state index in [1.165, 1.54) is 16.4 Å². The molecule has 0 saturated carbocycles. The van der Waals surface area contributed by atoms with Crippen molar-refractivity contribution in [3.63, 3.8) is 0 Å². The van der Waals surface area contributed by atoms with Crippen molar-refractivity contribution in [2.45, 2.75) is 17.7 Å². The lowest BCUT2D eigenvalue weighted by Crippen LogP contribution is -2.53. The molecule has 0 spiro atoms. The first-order chi connectivity index (χ1) is 16.4. The Morgan fingerprint density at radius 1 is 0.941 bits per heavy atom. The molecule has 3 aromatic rings. The maximum Gasteiger partial charge on any atom is 0.243 e. The minimum Gasteiger partial charge on any atom is -0.399 e. The smallest absolute Gasteiger partial charge is 0.243 e. The van der Waals surface area contributed by atoms with Crippen LogP contribution in [0.25, 0.3) is 10.9 Å². The Balaban J connectivity index is 1.24. The summed E-state index contributed by atoms with van der Waals surface area (Å²) in [5.74, 6) is -0.262. The summed E-state index contributed by atoms with van der Waals surface area (Å²) in [6, 6.07) is 16.3. The molecule has 8 nitrogen and oxygen atoms in total. The molecule has 2 aromatic carbocycles. The number of aromatic nitrogens is 1. The normalized spacial score (nSPS) is 19.9. The highest BCUT2D eigenvalue weighted by atomic mass is 32.2. The number of hydrogen-bond acceptors (Lipinski definition) is 6. The summed E-state index contributed by atoms with van der Waals surface area (Å²) in [6.45, 7) is 3.37. The number of piperidine rings is 1. The van der Waals surface area contributed by atoms with Gasteiger partial charge < -0.3 is 15.5 Å². The molecule has 5 rings (SSSR count). The van der Waals surface area contributed by atoms with Crippen molar-refractivity contribution in [1.82, 2.24) is 14.2 Å². The number of sulfonamides is 1. The van der Waals surface area contributed by atoms with Crippen molar-refractivity contribution in [2.75, 3.05) is 49.9 Å². The van der Waals surface area contributed by atoms with Crippen LogP contribution in [0.4, 0.5) is 11.4 Å².